The van der Waals surface area contributed by atoms with Crippen LogP contribution in [0.25, 0.3) is 0 Å². The first-order valence-electron chi connectivity index (χ1n) is 7.20. The van der Waals surface area contributed by atoms with Gasteiger partial charge in [0.1, 0.15) is 6.10 Å². The standard InChI is InChI=1S/C16H22N2O3/c1-16(2,3)18-14(19)11-6-4-7-12(10-11)17-15(20)13-8-5-9-21-13/h4,6-7,10,13H,5,8-9H2,1-3H3,(H,17,20)(H,18,19). The molecule has 0 spiro atoms. The molecule has 1 aliphatic rings. The van der Waals surface area contributed by atoms with Gasteiger partial charge < -0.3 is 15.4 Å². The SMILES string of the molecule is CC(C)(C)NC(=O)c1cccc(NC(=O)C2CCCO2)c1. The number of rotatable bonds is 3. The summed E-state index contributed by atoms with van der Waals surface area (Å²) in [6.07, 6.45) is 1.28. The fourth-order valence-corrected chi connectivity index (χ4v) is 2.16. The van der Waals surface area contributed by atoms with Gasteiger partial charge in [-0.15, -0.1) is 0 Å². The van der Waals surface area contributed by atoms with Crippen molar-refractivity contribution in [1.29, 1.82) is 0 Å². The Kier molecular flexibility index (Phi) is 4.63. The van der Waals surface area contributed by atoms with Crippen LogP contribution in [0.1, 0.15) is 44.0 Å². The van der Waals surface area contributed by atoms with Crippen LogP contribution in [0, 0.1) is 0 Å². The largest absolute Gasteiger partial charge is 0.368 e. The van der Waals surface area contributed by atoms with E-state index in [9.17, 15) is 9.59 Å². The molecule has 1 atom stereocenters. The lowest BCUT2D eigenvalue weighted by Crippen LogP contribution is -2.40. The number of nitrogens with one attached hydrogen (secondary N) is 2. The van der Waals surface area contributed by atoms with Crippen molar-refractivity contribution < 1.29 is 14.3 Å². The second-order valence-electron chi connectivity index (χ2n) is 6.28. The zero-order chi connectivity index (χ0) is 15.5. The molecule has 0 saturated carbocycles. The molecule has 114 valence electrons. The Morgan fingerprint density at radius 2 is 2.05 bits per heavy atom. The number of ether oxygens (including phenoxy) is 1. The van der Waals surface area contributed by atoms with Crippen LogP contribution in [-0.4, -0.2) is 30.1 Å². The van der Waals surface area contributed by atoms with Gasteiger partial charge in [0.05, 0.1) is 0 Å². The van der Waals surface area contributed by atoms with Crippen LogP contribution in [-0.2, 0) is 9.53 Å². The molecular formula is C16H22N2O3. The predicted octanol–water partition coefficient (Wildman–Crippen LogP) is 2.33. The maximum atomic E-state index is 12.1. The summed E-state index contributed by atoms with van der Waals surface area (Å²) in [4.78, 5) is 24.1. The Balaban J connectivity index is 2.03. The first kappa shape index (κ1) is 15.5. The molecule has 5 nitrogen and oxygen atoms in total. The number of anilines is 1. The molecule has 2 amide bonds. The number of hydrogen-bond donors (Lipinski definition) is 2. The molecule has 1 fully saturated rings. The highest BCUT2D eigenvalue weighted by Gasteiger charge is 2.23. The summed E-state index contributed by atoms with van der Waals surface area (Å²) < 4.78 is 5.34. The Bertz CT molecular complexity index is 529. The minimum Gasteiger partial charge on any atom is -0.368 e. The average molecular weight is 290 g/mol. The van der Waals surface area contributed by atoms with Gasteiger partial charge in [0.2, 0.25) is 0 Å². The summed E-state index contributed by atoms with van der Waals surface area (Å²) in [6, 6.07) is 6.92. The van der Waals surface area contributed by atoms with Gasteiger partial charge in [-0.2, -0.15) is 0 Å². The third kappa shape index (κ3) is 4.56. The van der Waals surface area contributed by atoms with E-state index in [1.807, 2.05) is 20.8 Å². The lowest BCUT2D eigenvalue weighted by Gasteiger charge is -2.20. The minimum atomic E-state index is -0.378. The van der Waals surface area contributed by atoms with Crippen LogP contribution in [0.5, 0.6) is 0 Å². The number of carbonyl (C=O) groups excluding carboxylic acids is 2. The zero-order valence-electron chi connectivity index (χ0n) is 12.7. The van der Waals surface area contributed by atoms with Crippen molar-refractivity contribution in [2.24, 2.45) is 0 Å². The second-order valence-corrected chi connectivity index (χ2v) is 6.28. The average Bonchev–Trinajstić information content (AvgIpc) is 2.91. The van der Waals surface area contributed by atoms with E-state index in [1.165, 1.54) is 0 Å². The van der Waals surface area contributed by atoms with Gasteiger partial charge in [-0.3, -0.25) is 9.59 Å². The smallest absolute Gasteiger partial charge is 0.253 e. The van der Waals surface area contributed by atoms with E-state index in [-0.39, 0.29) is 23.5 Å². The molecule has 1 saturated heterocycles. The second kappa shape index (κ2) is 6.26. The fourth-order valence-electron chi connectivity index (χ4n) is 2.16. The van der Waals surface area contributed by atoms with Crippen LogP contribution in [0.15, 0.2) is 24.3 Å². The summed E-state index contributed by atoms with van der Waals surface area (Å²) in [5, 5.41) is 5.69. The number of amides is 2. The van der Waals surface area contributed by atoms with Crippen LogP contribution >= 0.6 is 0 Å². The predicted molar refractivity (Wildman–Crippen MR) is 81.3 cm³/mol. The first-order chi connectivity index (χ1) is 9.85. The molecular weight excluding hydrogens is 268 g/mol. The van der Waals surface area contributed by atoms with Crippen LogP contribution in [0.2, 0.25) is 0 Å². The molecule has 21 heavy (non-hydrogen) atoms. The molecule has 0 bridgehead atoms. The van der Waals surface area contributed by atoms with E-state index in [1.54, 1.807) is 24.3 Å². The lowest BCUT2D eigenvalue weighted by atomic mass is 10.1. The highest BCUT2D eigenvalue weighted by Crippen LogP contribution is 2.16. The van der Waals surface area contributed by atoms with E-state index in [2.05, 4.69) is 10.6 Å². The van der Waals surface area contributed by atoms with E-state index in [4.69, 9.17) is 4.74 Å². The summed E-state index contributed by atoms with van der Waals surface area (Å²) >= 11 is 0. The third-order valence-electron chi connectivity index (χ3n) is 3.10. The Hall–Kier alpha value is -1.88. The van der Waals surface area contributed by atoms with E-state index in [0.29, 0.717) is 17.9 Å². The van der Waals surface area contributed by atoms with Gasteiger partial charge in [0.15, 0.2) is 0 Å². The van der Waals surface area contributed by atoms with Crippen LogP contribution < -0.4 is 10.6 Å². The molecule has 0 aromatic heterocycles. The molecule has 1 aliphatic heterocycles. The quantitative estimate of drug-likeness (QED) is 0.898. The Labute approximate surface area is 125 Å². The zero-order valence-corrected chi connectivity index (χ0v) is 12.7. The van der Waals surface area contributed by atoms with Crippen LogP contribution in [0.3, 0.4) is 0 Å². The molecule has 0 aliphatic carbocycles. The summed E-state index contributed by atoms with van der Waals surface area (Å²) in [6.45, 7) is 6.40. The Morgan fingerprint density at radius 3 is 2.67 bits per heavy atom. The monoisotopic (exact) mass is 290 g/mol. The number of benzene rings is 1. The number of carbonyl (C=O) groups is 2. The normalized spacial score (nSPS) is 18.3. The molecule has 1 aromatic carbocycles. The third-order valence-corrected chi connectivity index (χ3v) is 3.10. The van der Waals surface area contributed by atoms with Crippen molar-refractivity contribution in [3.63, 3.8) is 0 Å². The van der Waals surface area contributed by atoms with Gasteiger partial charge in [0, 0.05) is 23.4 Å². The van der Waals surface area contributed by atoms with E-state index < -0.39 is 0 Å². The molecule has 0 radical (unpaired) electrons. The summed E-state index contributed by atoms with van der Waals surface area (Å²) in [5.41, 5.74) is 0.834. The molecule has 1 aromatic rings. The topological polar surface area (TPSA) is 67.4 Å². The van der Waals surface area contributed by atoms with Gasteiger partial charge >= 0.3 is 0 Å². The Morgan fingerprint density at radius 1 is 1.29 bits per heavy atom. The fraction of sp³-hybridized carbons (Fsp3) is 0.500. The van der Waals surface area contributed by atoms with Crippen molar-refractivity contribution >= 4 is 17.5 Å². The number of hydrogen-bond acceptors (Lipinski definition) is 3. The van der Waals surface area contributed by atoms with Gasteiger partial charge in [-0.05, 0) is 51.8 Å². The molecule has 2 N–H and O–H groups in total. The molecule has 5 heteroatoms. The van der Waals surface area contributed by atoms with Crippen molar-refractivity contribution in [3.8, 4) is 0 Å². The summed E-state index contributed by atoms with van der Waals surface area (Å²) in [5.74, 6) is -0.309. The van der Waals surface area contributed by atoms with E-state index in [0.717, 1.165) is 12.8 Å². The highest BCUT2D eigenvalue weighted by atomic mass is 16.5. The lowest BCUT2D eigenvalue weighted by molar-refractivity contribution is -0.124. The van der Waals surface area contributed by atoms with Crippen molar-refractivity contribution in [1.82, 2.24) is 5.32 Å². The first-order valence-corrected chi connectivity index (χ1v) is 7.20. The van der Waals surface area contributed by atoms with Crippen LogP contribution in [0.4, 0.5) is 5.69 Å². The van der Waals surface area contributed by atoms with Crippen molar-refractivity contribution in [2.45, 2.75) is 45.3 Å². The summed E-state index contributed by atoms with van der Waals surface area (Å²) in [7, 11) is 0. The van der Waals surface area contributed by atoms with Gasteiger partial charge in [0.25, 0.3) is 11.8 Å². The highest BCUT2D eigenvalue weighted by molar-refractivity contribution is 5.98. The van der Waals surface area contributed by atoms with Gasteiger partial charge in [-0.25, -0.2) is 0 Å². The molecule has 2 rings (SSSR count). The maximum absolute atomic E-state index is 12.1. The molecule has 1 unspecified atom stereocenters. The minimum absolute atomic E-state index is 0.152. The maximum Gasteiger partial charge on any atom is 0.253 e. The van der Waals surface area contributed by atoms with Gasteiger partial charge in [-0.1, -0.05) is 6.07 Å². The van der Waals surface area contributed by atoms with E-state index >= 15 is 0 Å². The molecule has 1 heterocycles. The van der Waals surface area contributed by atoms with Crippen molar-refractivity contribution in [2.75, 3.05) is 11.9 Å². The van der Waals surface area contributed by atoms with Crippen molar-refractivity contribution in [3.05, 3.63) is 29.8 Å².